The summed E-state index contributed by atoms with van der Waals surface area (Å²) in [5.41, 5.74) is 1.27. The third-order valence-electron chi connectivity index (χ3n) is 3.85. The topological polar surface area (TPSA) is 26.3 Å². The largest absolute Gasteiger partial charge is 0.462 e. The number of carbonyl (C=O) groups is 1. The van der Waals surface area contributed by atoms with Gasteiger partial charge in [0.25, 0.3) is 0 Å². The summed E-state index contributed by atoms with van der Waals surface area (Å²) in [6.07, 6.45) is 11.4. The van der Waals surface area contributed by atoms with Crippen LogP contribution < -0.4 is 0 Å². The van der Waals surface area contributed by atoms with Crippen molar-refractivity contribution in [3.8, 4) is 0 Å². The first-order valence-electron chi connectivity index (χ1n) is 8.67. The van der Waals surface area contributed by atoms with Crippen molar-refractivity contribution in [3.63, 3.8) is 0 Å². The van der Waals surface area contributed by atoms with E-state index in [1.165, 1.54) is 44.9 Å². The zero-order valence-electron chi connectivity index (χ0n) is 14.0. The van der Waals surface area contributed by atoms with Gasteiger partial charge in [-0.2, -0.15) is 0 Å². The summed E-state index contributed by atoms with van der Waals surface area (Å²) in [6.45, 7) is 6.56. The van der Waals surface area contributed by atoms with Crippen LogP contribution in [0.15, 0.2) is 36.9 Å². The molecule has 0 atom stereocenters. The molecule has 0 saturated carbocycles. The first kappa shape index (κ1) is 18.5. The predicted octanol–water partition coefficient (Wildman–Crippen LogP) is 5.77. The van der Waals surface area contributed by atoms with E-state index in [1.807, 2.05) is 30.3 Å². The van der Waals surface area contributed by atoms with E-state index in [4.69, 9.17) is 4.74 Å². The maximum atomic E-state index is 11.9. The highest BCUT2D eigenvalue weighted by atomic mass is 16.5. The number of hydrogen-bond acceptors (Lipinski definition) is 2. The molecule has 0 aliphatic carbocycles. The molecule has 0 amide bonds. The minimum absolute atomic E-state index is 0.300. The fourth-order valence-corrected chi connectivity index (χ4v) is 2.42. The number of rotatable bonds is 12. The summed E-state index contributed by atoms with van der Waals surface area (Å²) in [6, 6.07) is 9.47. The van der Waals surface area contributed by atoms with Crippen molar-refractivity contribution in [3.05, 3.63) is 42.5 Å². The molecule has 1 aromatic rings. The van der Waals surface area contributed by atoms with Crippen LogP contribution >= 0.6 is 0 Å². The van der Waals surface area contributed by atoms with Gasteiger partial charge in [-0.15, -0.1) is 0 Å². The predicted molar refractivity (Wildman–Crippen MR) is 93.7 cm³/mol. The molecule has 2 heteroatoms. The van der Waals surface area contributed by atoms with Gasteiger partial charge in [0.05, 0.1) is 12.2 Å². The van der Waals surface area contributed by atoms with Crippen molar-refractivity contribution in [2.75, 3.05) is 6.61 Å². The Morgan fingerprint density at radius 1 is 0.909 bits per heavy atom. The Labute approximate surface area is 135 Å². The molecule has 0 fully saturated rings. The van der Waals surface area contributed by atoms with E-state index in [-0.39, 0.29) is 5.97 Å². The number of esters is 1. The van der Waals surface area contributed by atoms with Crippen LogP contribution in [-0.2, 0) is 9.53 Å². The maximum Gasteiger partial charge on any atom is 0.338 e. The monoisotopic (exact) mass is 302 g/mol. The average Bonchev–Trinajstić information content (AvgIpc) is 2.56. The summed E-state index contributed by atoms with van der Waals surface area (Å²) in [7, 11) is 0. The number of ether oxygens (including phenoxy) is 1. The van der Waals surface area contributed by atoms with Gasteiger partial charge in [-0.1, -0.05) is 95.2 Å². The first-order chi connectivity index (χ1) is 10.8. The van der Waals surface area contributed by atoms with Crippen LogP contribution in [0.25, 0.3) is 5.57 Å². The molecule has 0 spiro atoms. The molecule has 0 aliphatic rings. The zero-order chi connectivity index (χ0) is 16.0. The number of carbonyl (C=O) groups excluding carboxylic acids is 1. The van der Waals surface area contributed by atoms with Gasteiger partial charge < -0.3 is 4.74 Å². The van der Waals surface area contributed by atoms with Crippen LogP contribution in [0.3, 0.4) is 0 Å². The normalized spacial score (nSPS) is 10.4. The quantitative estimate of drug-likeness (QED) is 0.278. The molecule has 0 aromatic heterocycles. The lowest BCUT2D eigenvalue weighted by molar-refractivity contribution is -0.136. The molecule has 0 bridgehead atoms. The lowest BCUT2D eigenvalue weighted by Crippen LogP contribution is -2.07. The smallest absolute Gasteiger partial charge is 0.338 e. The van der Waals surface area contributed by atoms with E-state index >= 15 is 0 Å². The molecule has 0 saturated heterocycles. The van der Waals surface area contributed by atoms with Crippen LogP contribution in [-0.4, -0.2) is 12.6 Å². The van der Waals surface area contributed by atoms with Crippen LogP contribution in [0.4, 0.5) is 0 Å². The molecular formula is C20H30O2. The van der Waals surface area contributed by atoms with Crippen LogP contribution in [0.2, 0.25) is 0 Å². The van der Waals surface area contributed by atoms with Crippen molar-refractivity contribution < 1.29 is 9.53 Å². The lowest BCUT2D eigenvalue weighted by atomic mass is 10.1. The molecule has 2 nitrogen and oxygen atoms in total. The van der Waals surface area contributed by atoms with Crippen LogP contribution in [0.5, 0.6) is 0 Å². The molecule has 1 aromatic carbocycles. The Morgan fingerprint density at radius 3 is 2.05 bits per heavy atom. The molecule has 0 N–H and O–H groups in total. The second-order valence-corrected chi connectivity index (χ2v) is 5.81. The highest BCUT2D eigenvalue weighted by molar-refractivity contribution is 6.15. The van der Waals surface area contributed by atoms with Gasteiger partial charge in [-0.05, 0) is 12.0 Å². The maximum absolute atomic E-state index is 11.9. The third kappa shape index (κ3) is 8.02. The molecule has 0 heterocycles. The van der Waals surface area contributed by atoms with E-state index < -0.39 is 0 Å². The Kier molecular flexibility index (Phi) is 10.1. The van der Waals surface area contributed by atoms with E-state index in [1.54, 1.807) is 0 Å². The van der Waals surface area contributed by atoms with E-state index in [2.05, 4.69) is 13.5 Å². The fourth-order valence-electron chi connectivity index (χ4n) is 2.42. The van der Waals surface area contributed by atoms with Gasteiger partial charge in [0.15, 0.2) is 0 Å². The van der Waals surface area contributed by atoms with Gasteiger partial charge in [0.1, 0.15) is 0 Å². The van der Waals surface area contributed by atoms with Crippen LogP contribution in [0, 0.1) is 0 Å². The van der Waals surface area contributed by atoms with Gasteiger partial charge in [0.2, 0.25) is 0 Å². The molecule has 122 valence electrons. The lowest BCUT2D eigenvalue weighted by Gasteiger charge is -2.07. The molecule has 0 unspecified atom stereocenters. The minimum atomic E-state index is -0.300. The summed E-state index contributed by atoms with van der Waals surface area (Å²) < 4.78 is 5.28. The number of benzene rings is 1. The second kappa shape index (κ2) is 12.0. The van der Waals surface area contributed by atoms with E-state index in [0.29, 0.717) is 12.2 Å². The number of unbranched alkanes of at least 4 members (excludes halogenated alkanes) is 8. The van der Waals surface area contributed by atoms with Crippen molar-refractivity contribution in [2.24, 2.45) is 0 Å². The second-order valence-electron chi connectivity index (χ2n) is 5.81. The highest BCUT2D eigenvalue weighted by Gasteiger charge is 2.09. The molecule has 22 heavy (non-hydrogen) atoms. The summed E-state index contributed by atoms with van der Waals surface area (Å²) in [4.78, 5) is 11.9. The standard InChI is InChI=1S/C20H30O2/c1-3-4-5-6-7-8-9-10-14-17-22-20(21)18(2)19-15-12-11-13-16-19/h11-13,15-16H,2-10,14,17H2,1H3. The molecule has 0 aliphatic heterocycles. The molecule has 1 rings (SSSR count). The van der Waals surface area contributed by atoms with Crippen molar-refractivity contribution in [2.45, 2.75) is 64.7 Å². The average molecular weight is 302 g/mol. The fraction of sp³-hybridized carbons (Fsp3) is 0.550. The van der Waals surface area contributed by atoms with Gasteiger partial charge in [-0.25, -0.2) is 4.79 Å². The van der Waals surface area contributed by atoms with Gasteiger partial charge in [0, 0.05) is 0 Å². The summed E-state index contributed by atoms with van der Waals surface area (Å²) >= 11 is 0. The Bertz CT molecular complexity index is 423. The molecular weight excluding hydrogens is 272 g/mol. The van der Waals surface area contributed by atoms with E-state index in [9.17, 15) is 4.79 Å². The highest BCUT2D eigenvalue weighted by Crippen LogP contribution is 2.14. The minimum Gasteiger partial charge on any atom is -0.462 e. The first-order valence-corrected chi connectivity index (χ1v) is 8.67. The van der Waals surface area contributed by atoms with Crippen molar-refractivity contribution >= 4 is 11.5 Å². The van der Waals surface area contributed by atoms with Gasteiger partial charge in [-0.3, -0.25) is 0 Å². The Morgan fingerprint density at radius 2 is 1.45 bits per heavy atom. The van der Waals surface area contributed by atoms with Crippen molar-refractivity contribution in [1.29, 1.82) is 0 Å². The summed E-state index contributed by atoms with van der Waals surface area (Å²) in [5, 5.41) is 0. The van der Waals surface area contributed by atoms with E-state index in [0.717, 1.165) is 18.4 Å². The summed E-state index contributed by atoms with van der Waals surface area (Å²) in [5.74, 6) is -0.300. The zero-order valence-corrected chi connectivity index (χ0v) is 14.0. The Hall–Kier alpha value is -1.57. The van der Waals surface area contributed by atoms with Gasteiger partial charge >= 0.3 is 5.97 Å². The Balaban J connectivity index is 2.00. The number of hydrogen-bond donors (Lipinski definition) is 0. The third-order valence-corrected chi connectivity index (χ3v) is 3.85. The SMILES string of the molecule is C=C(C(=O)OCCCCCCCCCCC)c1ccccc1. The van der Waals surface area contributed by atoms with Crippen LogP contribution in [0.1, 0.15) is 70.3 Å². The molecule has 0 radical (unpaired) electrons. The van der Waals surface area contributed by atoms with Crippen molar-refractivity contribution in [1.82, 2.24) is 0 Å².